The van der Waals surface area contributed by atoms with E-state index in [4.69, 9.17) is 10.5 Å². The molecule has 3 N–H and O–H groups in total. The first kappa shape index (κ1) is 16.4. The first-order valence-corrected chi connectivity index (χ1v) is 8.16. The Labute approximate surface area is 140 Å². The number of primary amides is 1. The van der Waals surface area contributed by atoms with E-state index < -0.39 is 6.04 Å². The van der Waals surface area contributed by atoms with Crippen LogP contribution in [0, 0.1) is 5.92 Å². The summed E-state index contributed by atoms with van der Waals surface area (Å²) in [5, 5.41) is 0. The van der Waals surface area contributed by atoms with Crippen molar-refractivity contribution in [3.63, 3.8) is 0 Å². The summed E-state index contributed by atoms with van der Waals surface area (Å²) in [5.41, 5.74) is 5.84. The van der Waals surface area contributed by atoms with Crippen LogP contribution in [-0.4, -0.2) is 44.0 Å². The zero-order valence-corrected chi connectivity index (χ0v) is 13.7. The number of para-hydroxylation sites is 2. The summed E-state index contributed by atoms with van der Waals surface area (Å²) < 4.78 is 5.27. The Bertz CT molecular complexity index is 668. The van der Waals surface area contributed by atoms with Gasteiger partial charge in [-0.3, -0.25) is 14.4 Å². The fourth-order valence-corrected chi connectivity index (χ4v) is 3.64. The van der Waals surface area contributed by atoms with Crippen molar-refractivity contribution in [2.24, 2.45) is 11.7 Å². The van der Waals surface area contributed by atoms with Gasteiger partial charge < -0.3 is 15.4 Å². The van der Waals surface area contributed by atoms with Crippen LogP contribution in [-0.2, 0) is 14.4 Å². The van der Waals surface area contributed by atoms with Crippen molar-refractivity contribution in [1.82, 2.24) is 0 Å². The van der Waals surface area contributed by atoms with Gasteiger partial charge in [0.15, 0.2) is 6.04 Å². The van der Waals surface area contributed by atoms with Crippen molar-refractivity contribution in [3.05, 3.63) is 24.3 Å². The van der Waals surface area contributed by atoms with Gasteiger partial charge in [0, 0.05) is 18.8 Å². The van der Waals surface area contributed by atoms with Gasteiger partial charge in [-0.05, 0) is 12.1 Å². The summed E-state index contributed by atoms with van der Waals surface area (Å²) in [6, 6.07) is 6.62. The summed E-state index contributed by atoms with van der Waals surface area (Å²) in [5.74, 6) is -0.303. The number of carbonyl (C=O) groups is 3. The van der Waals surface area contributed by atoms with Crippen molar-refractivity contribution < 1.29 is 24.0 Å². The van der Waals surface area contributed by atoms with E-state index in [1.165, 1.54) is 12.0 Å². The van der Waals surface area contributed by atoms with E-state index >= 15 is 0 Å². The molecule has 1 atom stereocenters. The molecule has 7 heteroatoms. The molecule has 2 saturated heterocycles. The number of hydrogen-bond donors (Lipinski definition) is 2. The molecule has 2 aliphatic heterocycles. The molecule has 2 aliphatic rings. The Kier molecular flexibility index (Phi) is 4.53. The van der Waals surface area contributed by atoms with Gasteiger partial charge in [0.25, 0.3) is 5.91 Å². The maximum Gasteiger partial charge on any atom is 0.292 e. The van der Waals surface area contributed by atoms with E-state index in [0.29, 0.717) is 37.4 Å². The number of benzene rings is 1. The molecule has 0 unspecified atom stereocenters. The number of carbonyl (C=O) groups excluding carboxylic acids is 3. The number of rotatable bonds is 4. The standard InChI is InChI=1S/C17H21N3O4/c1-24-14-5-3-2-4-12(14)20-15(21)10-13(17(20)23)19-8-6-11(7-9-19)16(18)22/h2-5,11,13H,6-10H2,1H3,(H2,18,22)/p+1/t13-/m0/s1. The van der Waals surface area contributed by atoms with Crippen molar-refractivity contribution in [2.75, 3.05) is 25.1 Å². The molecule has 24 heavy (non-hydrogen) atoms. The van der Waals surface area contributed by atoms with Crippen LogP contribution in [0.15, 0.2) is 24.3 Å². The molecule has 1 aromatic rings. The molecule has 1 aromatic carbocycles. The van der Waals surface area contributed by atoms with Gasteiger partial charge in [-0.1, -0.05) is 12.1 Å². The van der Waals surface area contributed by atoms with Crippen LogP contribution in [0.25, 0.3) is 0 Å². The molecular weight excluding hydrogens is 310 g/mol. The fourth-order valence-electron chi connectivity index (χ4n) is 3.64. The van der Waals surface area contributed by atoms with Gasteiger partial charge in [0.05, 0.1) is 32.3 Å². The maximum atomic E-state index is 12.8. The highest BCUT2D eigenvalue weighted by Gasteiger charge is 2.47. The quantitative estimate of drug-likeness (QED) is 0.699. The van der Waals surface area contributed by atoms with Crippen LogP contribution in [0.4, 0.5) is 5.69 Å². The van der Waals surface area contributed by atoms with Crippen molar-refractivity contribution in [2.45, 2.75) is 25.3 Å². The lowest BCUT2D eigenvalue weighted by molar-refractivity contribution is -0.920. The van der Waals surface area contributed by atoms with Crippen molar-refractivity contribution in [3.8, 4) is 5.75 Å². The molecule has 0 bridgehead atoms. The predicted molar refractivity (Wildman–Crippen MR) is 86.5 cm³/mol. The molecule has 0 aliphatic carbocycles. The number of nitrogens with zero attached hydrogens (tertiary/aromatic N) is 1. The Hall–Kier alpha value is -2.41. The lowest BCUT2D eigenvalue weighted by atomic mass is 9.95. The van der Waals surface area contributed by atoms with Crippen LogP contribution >= 0.6 is 0 Å². The second kappa shape index (κ2) is 6.60. The largest absolute Gasteiger partial charge is 0.495 e. The monoisotopic (exact) mass is 332 g/mol. The highest BCUT2D eigenvalue weighted by Crippen LogP contribution is 2.31. The second-order valence-corrected chi connectivity index (χ2v) is 6.33. The van der Waals surface area contributed by atoms with Crippen LogP contribution < -0.4 is 20.3 Å². The summed E-state index contributed by atoms with van der Waals surface area (Å²) in [6.45, 7) is 1.36. The number of likely N-dealkylation sites (tertiary alicyclic amines) is 1. The average molecular weight is 332 g/mol. The summed E-state index contributed by atoms with van der Waals surface area (Å²) in [4.78, 5) is 38.8. The number of anilines is 1. The number of imide groups is 1. The molecular formula is C17H22N3O4+. The normalized spacial score (nSPS) is 27.4. The van der Waals surface area contributed by atoms with E-state index in [1.54, 1.807) is 24.3 Å². The highest BCUT2D eigenvalue weighted by molar-refractivity contribution is 6.22. The van der Waals surface area contributed by atoms with Crippen molar-refractivity contribution in [1.29, 1.82) is 0 Å². The molecule has 2 fully saturated rings. The van der Waals surface area contributed by atoms with E-state index in [-0.39, 0.29) is 30.1 Å². The molecule has 128 valence electrons. The average Bonchev–Trinajstić information content (AvgIpc) is 2.89. The van der Waals surface area contributed by atoms with Crippen molar-refractivity contribution >= 4 is 23.4 Å². The Morgan fingerprint density at radius 3 is 2.54 bits per heavy atom. The maximum absolute atomic E-state index is 12.8. The van der Waals surface area contributed by atoms with Crippen LogP contribution in [0.2, 0.25) is 0 Å². The van der Waals surface area contributed by atoms with Crippen LogP contribution in [0.5, 0.6) is 5.75 Å². The van der Waals surface area contributed by atoms with E-state index in [0.717, 1.165) is 4.90 Å². The number of methoxy groups -OCH3 is 1. The Morgan fingerprint density at radius 2 is 1.92 bits per heavy atom. The lowest BCUT2D eigenvalue weighted by Crippen LogP contribution is -3.17. The minimum absolute atomic E-state index is 0.119. The molecule has 0 aromatic heterocycles. The SMILES string of the molecule is COc1ccccc1N1C(=O)C[C@H]([NH+]2CCC(C(N)=O)CC2)C1=O. The van der Waals surface area contributed by atoms with Gasteiger partial charge in [0.1, 0.15) is 5.75 Å². The topological polar surface area (TPSA) is 94.1 Å². The van der Waals surface area contributed by atoms with Gasteiger partial charge >= 0.3 is 0 Å². The predicted octanol–water partition coefficient (Wildman–Crippen LogP) is -0.893. The molecule has 7 nitrogen and oxygen atoms in total. The number of amides is 3. The van der Waals surface area contributed by atoms with E-state index in [2.05, 4.69) is 0 Å². The summed E-state index contributed by atoms with van der Waals surface area (Å²) in [6.07, 6.45) is 1.52. The first-order valence-electron chi connectivity index (χ1n) is 8.16. The number of nitrogens with two attached hydrogens (primary N) is 1. The Morgan fingerprint density at radius 1 is 1.25 bits per heavy atom. The molecule has 0 saturated carbocycles. The van der Waals surface area contributed by atoms with Gasteiger partial charge in [-0.25, -0.2) is 4.90 Å². The minimum Gasteiger partial charge on any atom is -0.495 e. The number of quaternary nitrogens is 1. The first-order chi connectivity index (χ1) is 11.5. The number of hydrogen-bond acceptors (Lipinski definition) is 4. The number of nitrogens with one attached hydrogen (secondary N) is 1. The van der Waals surface area contributed by atoms with Gasteiger partial charge in [-0.2, -0.15) is 0 Å². The van der Waals surface area contributed by atoms with Gasteiger partial charge in [-0.15, -0.1) is 0 Å². The Balaban J connectivity index is 1.76. The molecule has 0 radical (unpaired) electrons. The molecule has 3 amide bonds. The second-order valence-electron chi connectivity index (χ2n) is 6.33. The molecule has 3 rings (SSSR count). The number of ether oxygens (including phenoxy) is 1. The minimum atomic E-state index is -0.392. The molecule has 2 heterocycles. The highest BCUT2D eigenvalue weighted by atomic mass is 16.5. The smallest absolute Gasteiger partial charge is 0.292 e. The zero-order chi connectivity index (χ0) is 17.3. The van der Waals surface area contributed by atoms with Crippen LogP contribution in [0.1, 0.15) is 19.3 Å². The van der Waals surface area contributed by atoms with E-state index in [1.807, 2.05) is 0 Å². The van der Waals surface area contributed by atoms with Gasteiger partial charge in [0.2, 0.25) is 11.8 Å². The number of piperidine rings is 1. The summed E-state index contributed by atoms with van der Waals surface area (Å²) in [7, 11) is 1.52. The summed E-state index contributed by atoms with van der Waals surface area (Å²) >= 11 is 0. The zero-order valence-electron chi connectivity index (χ0n) is 13.7. The van der Waals surface area contributed by atoms with E-state index in [9.17, 15) is 14.4 Å². The van der Waals surface area contributed by atoms with Crippen LogP contribution in [0.3, 0.4) is 0 Å². The third-order valence-electron chi connectivity index (χ3n) is 5.00. The lowest BCUT2D eigenvalue weighted by Gasteiger charge is -2.30. The third-order valence-corrected chi connectivity index (χ3v) is 5.00. The third kappa shape index (κ3) is 2.87. The fraction of sp³-hybridized carbons (Fsp3) is 0.471. The molecule has 0 spiro atoms.